The average molecular weight is 255 g/mol. The van der Waals surface area contributed by atoms with Gasteiger partial charge in [-0.05, 0) is 44.6 Å². The predicted octanol–water partition coefficient (Wildman–Crippen LogP) is 2.87. The van der Waals surface area contributed by atoms with Gasteiger partial charge in [0, 0.05) is 0 Å². The molecule has 0 aromatic heterocycles. The van der Waals surface area contributed by atoms with E-state index in [0.717, 1.165) is 37.8 Å². The fourth-order valence-corrected chi connectivity index (χ4v) is 2.95. The highest BCUT2D eigenvalue weighted by Crippen LogP contribution is 2.43. The van der Waals surface area contributed by atoms with E-state index in [1.807, 2.05) is 19.0 Å². The monoisotopic (exact) mass is 255 g/mol. The van der Waals surface area contributed by atoms with Crippen LogP contribution in [0.5, 0.6) is 0 Å². The molecule has 0 saturated heterocycles. The molecule has 18 heavy (non-hydrogen) atoms. The largest absolute Gasteiger partial charge is 0.386 e. The van der Waals surface area contributed by atoms with Gasteiger partial charge in [0.2, 0.25) is 0 Å². The van der Waals surface area contributed by atoms with Crippen LogP contribution in [0.3, 0.4) is 0 Å². The molecule has 1 aromatic carbocycles. The average Bonchev–Trinajstić information content (AvgIpc) is 2.82. The zero-order valence-electron chi connectivity index (χ0n) is 10.8. The van der Waals surface area contributed by atoms with Crippen molar-refractivity contribution in [2.24, 2.45) is 0 Å². The molecule has 0 amide bonds. The molecule has 1 aliphatic carbocycles. The van der Waals surface area contributed by atoms with Gasteiger partial charge < -0.3 is 10.0 Å². The minimum absolute atomic E-state index is 0.357. The highest BCUT2D eigenvalue weighted by atomic mass is 19.2. The van der Waals surface area contributed by atoms with Crippen molar-refractivity contribution in [2.45, 2.75) is 37.3 Å². The van der Waals surface area contributed by atoms with Crippen molar-refractivity contribution < 1.29 is 13.9 Å². The molecule has 2 nitrogen and oxygen atoms in total. The van der Waals surface area contributed by atoms with E-state index in [1.54, 1.807) is 0 Å². The van der Waals surface area contributed by atoms with Crippen molar-refractivity contribution in [3.05, 3.63) is 35.4 Å². The summed E-state index contributed by atoms with van der Waals surface area (Å²) in [6.07, 6.45) is 3.07. The Morgan fingerprint density at radius 3 is 2.28 bits per heavy atom. The van der Waals surface area contributed by atoms with Gasteiger partial charge in [0.15, 0.2) is 11.6 Å². The summed E-state index contributed by atoms with van der Waals surface area (Å²) in [6.45, 7) is 0. The van der Waals surface area contributed by atoms with Gasteiger partial charge in [-0.15, -0.1) is 0 Å². The van der Waals surface area contributed by atoms with Crippen LogP contribution in [-0.2, 0) is 0 Å². The summed E-state index contributed by atoms with van der Waals surface area (Å²) in [6, 6.07) is 3.64. The Balaban J connectivity index is 2.33. The van der Waals surface area contributed by atoms with E-state index in [1.165, 1.54) is 6.07 Å². The molecule has 0 aliphatic heterocycles. The number of likely N-dealkylation sites (N-methyl/N-ethyl adjacent to an activating group) is 1. The van der Waals surface area contributed by atoms with E-state index >= 15 is 0 Å². The quantitative estimate of drug-likeness (QED) is 0.897. The lowest BCUT2D eigenvalue weighted by Gasteiger charge is -2.40. The molecular formula is C14H19F2NO. The lowest BCUT2D eigenvalue weighted by Crippen LogP contribution is -2.47. The number of hydrogen-bond acceptors (Lipinski definition) is 2. The summed E-state index contributed by atoms with van der Waals surface area (Å²) in [5.74, 6) is -1.78. The fraction of sp³-hybridized carbons (Fsp3) is 0.571. The van der Waals surface area contributed by atoms with E-state index in [0.29, 0.717) is 5.56 Å². The van der Waals surface area contributed by atoms with Crippen LogP contribution in [-0.4, -0.2) is 29.6 Å². The maximum absolute atomic E-state index is 13.3. The third kappa shape index (κ3) is 2.15. The van der Waals surface area contributed by atoms with E-state index in [9.17, 15) is 13.9 Å². The van der Waals surface area contributed by atoms with E-state index < -0.39 is 17.7 Å². The topological polar surface area (TPSA) is 23.5 Å². The summed E-state index contributed by atoms with van der Waals surface area (Å²) in [7, 11) is 3.85. The molecule has 1 aliphatic rings. The molecule has 1 unspecified atom stereocenters. The molecule has 1 saturated carbocycles. The second-order valence-electron chi connectivity index (χ2n) is 5.28. The van der Waals surface area contributed by atoms with Crippen LogP contribution in [0.15, 0.2) is 18.2 Å². The standard InChI is InChI=1S/C14H19F2NO/c1-17(2)14(7-3-4-8-14)13(18)10-5-6-11(15)12(16)9-10/h5-6,9,13,18H,3-4,7-8H2,1-2H3. The predicted molar refractivity (Wildman–Crippen MR) is 66.2 cm³/mol. The number of aliphatic hydroxyl groups excluding tert-OH is 1. The summed E-state index contributed by atoms with van der Waals surface area (Å²) in [5.41, 5.74) is 0.0917. The van der Waals surface area contributed by atoms with Gasteiger partial charge >= 0.3 is 0 Å². The molecule has 1 N–H and O–H groups in total. The number of nitrogens with zero attached hydrogens (tertiary/aromatic N) is 1. The Labute approximate surface area is 106 Å². The summed E-state index contributed by atoms with van der Waals surface area (Å²) < 4.78 is 26.2. The highest BCUT2D eigenvalue weighted by molar-refractivity contribution is 5.24. The van der Waals surface area contributed by atoms with Crippen molar-refractivity contribution in [2.75, 3.05) is 14.1 Å². The second kappa shape index (κ2) is 4.94. The Kier molecular flexibility index (Phi) is 3.69. The first-order chi connectivity index (χ1) is 8.47. The molecule has 1 atom stereocenters. The Morgan fingerprint density at radius 1 is 1.17 bits per heavy atom. The number of halogens is 2. The van der Waals surface area contributed by atoms with Gasteiger partial charge in [-0.1, -0.05) is 18.9 Å². The third-order valence-corrected chi connectivity index (χ3v) is 4.13. The van der Waals surface area contributed by atoms with Crippen molar-refractivity contribution in [1.29, 1.82) is 0 Å². The van der Waals surface area contributed by atoms with Gasteiger partial charge in [0.25, 0.3) is 0 Å². The number of rotatable bonds is 3. The van der Waals surface area contributed by atoms with Crippen LogP contribution in [0, 0.1) is 11.6 Å². The molecule has 0 bridgehead atoms. The number of benzene rings is 1. The molecular weight excluding hydrogens is 236 g/mol. The van der Waals surface area contributed by atoms with Gasteiger partial charge in [0.05, 0.1) is 11.6 Å². The minimum atomic E-state index is -0.904. The first-order valence-electron chi connectivity index (χ1n) is 6.28. The van der Waals surface area contributed by atoms with Gasteiger partial charge in [-0.3, -0.25) is 0 Å². The smallest absolute Gasteiger partial charge is 0.159 e. The molecule has 0 radical (unpaired) electrons. The lowest BCUT2D eigenvalue weighted by molar-refractivity contribution is -0.00495. The van der Waals surface area contributed by atoms with Crippen molar-refractivity contribution in [3.8, 4) is 0 Å². The van der Waals surface area contributed by atoms with Crippen LogP contribution in [0.1, 0.15) is 37.4 Å². The Morgan fingerprint density at radius 2 is 1.78 bits per heavy atom. The lowest BCUT2D eigenvalue weighted by atomic mass is 9.85. The van der Waals surface area contributed by atoms with Crippen LogP contribution < -0.4 is 0 Å². The van der Waals surface area contributed by atoms with Crippen molar-refractivity contribution in [1.82, 2.24) is 4.90 Å². The third-order valence-electron chi connectivity index (χ3n) is 4.13. The number of hydrogen-bond donors (Lipinski definition) is 1. The maximum atomic E-state index is 13.3. The van der Waals surface area contributed by atoms with Crippen LogP contribution in [0.4, 0.5) is 8.78 Å². The zero-order valence-corrected chi connectivity index (χ0v) is 10.8. The summed E-state index contributed by atoms with van der Waals surface area (Å²) in [4.78, 5) is 2.01. The van der Waals surface area contributed by atoms with Gasteiger partial charge in [-0.2, -0.15) is 0 Å². The van der Waals surface area contributed by atoms with Crippen LogP contribution in [0.2, 0.25) is 0 Å². The van der Waals surface area contributed by atoms with Gasteiger partial charge in [-0.25, -0.2) is 8.78 Å². The van der Waals surface area contributed by atoms with Gasteiger partial charge in [0.1, 0.15) is 0 Å². The SMILES string of the molecule is CN(C)C1(C(O)c2ccc(F)c(F)c2)CCCC1. The first-order valence-corrected chi connectivity index (χ1v) is 6.28. The molecule has 0 heterocycles. The molecule has 4 heteroatoms. The Bertz CT molecular complexity index is 428. The maximum Gasteiger partial charge on any atom is 0.159 e. The molecule has 1 aromatic rings. The zero-order chi connectivity index (χ0) is 13.3. The van der Waals surface area contributed by atoms with E-state index in [-0.39, 0.29) is 5.54 Å². The summed E-state index contributed by atoms with van der Waals surface area (Å²) in [5, 5.41) is 10.5. The molecule has 0 spiro atoms. The molecule has 1 fully saturated rings. The minimum Gasteiger partial charge on any atom is -0.386 e. The van der Waals surface area contributed by atoms with E-state index in [4.69, 9.17) is 0 Å². The number of aliphatic hydroxyl groups is 1. The first kappa shape index (κ1) is 13.4. The second-order valence-corrected chi connectivity index (χ2v) is 5.28. The van der Waals surface area contributed by atoms with Crippen LogP contribution in [0.25, 0.3) is 0 Å². The van der Waals surface area contributed by atoms with Crippen molar-refractivity contribution >= 4 is 0 Å². The van der Waals surface area contributed by atoms with Crippen LogP contribution >= 0.6 is 0 Å². The fourth-order valence-electron chi connectivity index (χ4n) is 2.95. The highest BCUT2D eigenvalue weighted by Gasteiger charge is 2.43. The van der Waals surface area contributed by atoms with Crippen molar-refractivity contribution in [3.63, 3.8) is 0 Å². The summed E-state index contributed by atoms with van der Waals surface area (Å²) >= 11 is 0. The van der Waals surface area contributed by atoms with E-state index in [2.05, 4.69) is 0 Å². The molecule has 100 valence electrons. The Hall–Kier alpha value is -1.00. The normalized spacial score (nSPS) is 20.3. The molecule has 2 rings (SSSR count).